The molecule has 0 rings (SSSR count). The molecule has 0 saturated carbocycles. The van der Waals surface area contributed by atoms with E-state index in [1.165, 1.54) is 38.9 Å². The van der Waals surface area contributed by atoms with Crippen molar-refractivity contribution in [2.75, 3.05) is 46.8 Å². The van der Waals surface area contributed by atoms with Crippen molar-refractivity contribution in [2.24, 2.45) is 5.92 Å². The Morgan fingerprint density at radius 3 is 2.16 bits per heavy atom. The fourth-order valence-corrected chi connectivity index (χ4v) is 2.47. The Morgan fingerprint density at radius 1 is 1.00 bits per heavy atom. The van der Waals surface area contributed by atoms with Crippen LogP contribution < -0.4 is 5.32 Å². The molecule has 1 N–H and O–H groups in total. The van der Waals surface area contributed by atoms with E-state index < -0.39 is 0 Å². The summed E-state index contributed by atoms with van der Waals surface area (Å²) in [6, 6.07) is 0.705. The lowest BCUT2D eigenvalue weighted by atomic mass is 10.1. The molecule has 0 aromatic rings. The zero-order chi connectivity index (χ0) is 14.7. The number of rotatable bonds is 12. The zero-order valence-corrected chi connectivity index (χ0v) is 14.2. The van der Waals surface area contributed by atoms with Gasteiger partial charge in [-0.15, -0.1) is 0 Å². The predicted octanol–water partition coefficient (Wildman–Crippen LogP) is 2.67. The van der Waals surface area contributed by atoms with Gasteiger partial charge in [-0.2, -0.15) is 0 Å². The van der Waals surface area contributed by atoms with Gasteiger partial charge in [0.15, 0.2) is 0 Å². The molecular weight excluding hydrogens is 234 g/mol. The molecular formula is C16H37N3. The van der Waals surface area contributed by atoms with Crippen LogP contribution in [0.3, 0.4) is 0 Å². The summed E-state index contributed by atoms with van der Waals surface area (Å²) >= 11 is 0. The minimum Gasteiger partial charge on any atom is -0.315 e. The third kappa shape index (κ3) is 10.3. The molecule has 0 aliphatic carbocycles. The first-order valence-corrected chi connectivity index (χ1v) is 8.10. The average molecular weight is 271 g/mol. The van der Waals surface area contributed by atoms with Gasteiger partial charge in [-0.25, -0.2) is 0 Å². The summed E-state index contributed by atoms with van der Waals surface area (Å²) in [4.78, 5) is 4.93. The molecule has 0 aliphatic heterocycles. The lowest BCUT2D eigenvalue weighted by Gasteiger charge is -2.31. The monoisotopic (exact) mass is 271 g/mol. The van der Waals surface area contributed by atoms with Crippen molar-refractivity contribution < 1.29 is 0 Å². The standard InChI is InChI=1S/C16H37N3/c1-7-10-16(14-17-13-15(3)4)19(8-2)12-9-11-18(5)6/h15-17H,7-14H2,1-6H3. The minimum atomic E-state index is 0.705. The lowest BCUT2D eigenvalue weighted by Crippen LogP contribution is -2.44. The average Bonchev–Trinajstić information content (AvgIpc) is 2.33. The van der Waals surface area contributed by atoms with Crippen molar-refractivity contribution in [1.82, 2.24) is 15.1 Å². The smallest absolute Gasteiger partial charge is 0.0220 e. The molecule has 0 saturated heterocycles. The third-order valence-electron chi connectivity index (χ3n) is 3.53. The molecule has 3 heteroatoms. The Morgan fingerprint density at radius 2 is 1.68 bits per heavy atom. The predicted molar refractivity (Wildman–Crippen MR) is 86.8 cm³/mol. The number of hydrogen-bond acceptors (Lipinski definition) is 3. The number of likely N-dealkylation sites (N-methyl/N-ethyl adjacent to an activating group) is 1. The topological polar surface area (TPSA) is 18.5 Å². The SMILES string of the molecule is CCCC(CNCC(C)C)N(CC)CCCN(C)C. The molecule has 0 bridgehead atoms. The van der Waals surface area contributed by atoms with E-state index in [1.54, 1.807) is 0 Å². The van der Waals surface area contributed by atoms with Gasteiger partial charge in [0.2, 0.25) is 0 Å². The molecule has 19 heavy (non-hydrogen) atoms. The molecule has 0 spiro atoms. The van der Waals surface area contributed by atoms with Crippen LogP contribution in [0.4, 0.5) is 0 Å². The van der Waals surface area contributed by atoms with Crippen LogP contribution in [-0.2, 0) is 0 Å². The van der Waals surface area contributed by atoms with Crippen molar-refractivity contribution in [2.45, 2.75) is 53.0 Å². The summed E-state index contributed by atoms with van der Waals surface area (Å²) in [6.07, 6.45) is 3.85. The molecule has 0 aromatic heterocycles. The largest absolute Gasteiger partial charge is 0.315 e. The summed E-state index contributed by atoms with van der Waals surface area (Å²) in [6.45, 7) is 15.0. The van der Waals surface area contributed by atoms with E-state index in [0.29, 0.717) is 6.04 Å². The van der Waals surface area contributed by atoms with Gasteiger partial charge in [0.1, 0.15) is 0 Å². The fourth-order valence-electron chi connectivity index (χ4n) is 2.47. The molecule has 0 radical (unpaired) electrons. The highest BCUT2D eigenvalue weighted by Crippen LogP contribution is 2.07. The second kappa shape index (κ2) is 11.7. The second-order valence-electron chi connectivity index (χ2n) is 6.28. The molecule has 1 atom stereocenters. The Hall–Kier alpha value is -0.120. The van der Waals surface area contributed by atoms with E-state index in [9.17, 15) is 0 Å². The van der Waals surface area contributed by atoms with Gasteiger partial charge >= 0.3 is 0 Å². The highest BCUT2D eigenvalue weighted by molar-refractivity contribution is 4.74. The van der Waals surface area contributed by atoms with E-state index in [4.69, 9.17) is 0 Å². The van der Waals surface area contributed by atoms with Gasteiger partial charge in [0, 0.05) is 12.6 Å². The van der Waals surface area contributed by atoms with E-state index in [0.717, 1.165) is 19.0 Å². The van der Waals surface area contributed by atoms with Crippen LogP contribution in [0, 0.1) is 5.92 Å². The molecule has 116 valence electrons. The first kappa shape index (κ1) is 18.9. The van der Waals surface area contributed by atoms with Crippen LogP contribution in [0.2, 0.25) is 0 Å². The summed E-state index contributed by atoms with van der Waals surface area (Å²) in [5.41, 5.74) is 0. The van der Waals surface area contributed by atoms with Crippen molar-refractivity contribution in [3.8, 4) is 0 Å². The van der Waals surface area contributed by atoms with Crippen molar-refractivity contribution in [1.29, 1.82) is 0 Å². The van der Waals surface area contributed by atoms with Crippen molar-refractivity contribution >= 4 is 0 Å². The van der Waals surface area contributed by atoms with E-state index in [1.807, 2.05) is 0 Å². The van der Waals surface area contributed by atoms with Crippen molar-refractivity contribution in [3.63, 3.8) is 0 Å². The number of nitrogens with zero attached hydrogens (tertiary/aromatic N) is 2. The maximum atomic E-state index is 3.63. The van der Waals surface area contributed by atoms with E-state index in [-0.39, 0.29) is 0 Å². The van der Waals surface area contributed by atoms with Crippen LogP contribution in [0.5, 0.6) is 0 Å². The summed E-state index contributed by atoms with van der Waals surface area (Å²) in [7, 11) is 4.31. The van der Waals surface area contributed by atoms with Gasteiger partial charge < -0.3 is 10.2 Å². The first-order chi connectivity index (χ1) is 9.01. The van der Waals surface area contributed by atoms with Gasteiger partial charge in [-0.3, -0.25) is 4.90 Å². The second-order valence-corrected chi connectivity index (χ2v) is 6.28. The quantitative estimate of drug-likeness (QED) is 0.589. The van der Waals surface area contributed by atoms with Gasteiger partial charge in [0.25, 0.3) is 0 Å². The first-order valence-electron chi connectivity index (χ1n) is 8.10. The van der Waals surface area contributed by atoms with Crippen LogP contribution in [0.15, 0.2) is 0 Å². The Bertz CT molecular complexity index is 192. The molecule has 0 amide bonds. The molecule has 0 aliphatic rings. The molecule has 0 fully saturated rings. The minimum absolute atomic E-state index is 0.705. The van der Waals surface area contributed by atoms with E-state index in [2.05, 4.69) is 56.9 Å². The molecule has 0 heterocycles. The Balaban J connectivity index is 4.12. The van der Waals surface area contributed by atoms with Gasteiger partial charge in [0.05, 0.1) is 0 Å². The van der Waals surface area contributed by atoms with Crippen LogP contribution >= 0.6 is 0 Å². The lowest BCUT2D eigenvalue weighted by molar-refractivity contribution is 0.181. The van der Waals surface area contributed by atoms with Crippen molar-refractivity contribution in [3.05, 3.63) is 0 Å². The number of hydrogen-bond donors (Lipinski definition) is 1. The maximum absolute atomic E-state index is 3.63. The fraction of sp³-hybridized carbons (Fsp3) is 1.00. The Kier molecular flexibility index (Phi) is 11.6. The summed E-state index contributed by atoms with van der Waals surface area (Å²) < 4.78 is 0. The normalized spacial score (nSPS) is 13.7. The molecule has 3 nitrogen and oxygen atoms in total. The van der Waals surface area contributed by atoms with Crippen LogP contribution in [-0.4, -0.2) is 62.7 Å². The van der Waals surface area contributed by atoms with E-state index >= 15 is 0 Å². The van der Waals surface area contributed by atoms with Crippen LogP contribution in [0.25, 0.3) is 0 Å². The molecule has 1 unspecified atom stereocenters. The maximum Gasteiger partial charge on any atom is 0.0220 e. The summed E-state index contributed by atoms with van der Waals surface area (Å²) in [5, 5.41) is 3.63. The third-order valence-corrected chi connectivity index (χ3v) is 3.53. The highest BCUT2D eigenvalue weighted by Gasteiger charge is 2.15. The Labute approximate surface area is 121 Å². The van der Waals surface area contributed by atoms with Gasteiger partial charge in [-0.1, -0.05) is 34.1 Å². The summed E-state index contributed by atoms with van der Waals surface area (Å²) in [5.74, 6) is 0.742. The molecule has 0 aromatic carbocycles. The van der Waals surface area contributed by atoms with Gasteiger partial charge in [-0.05, 0) is 59.0 Å². The zero-order valence-electron chi connectivity index (χ0n) is 14.2. The highest BCUT2D eigenvalue weighted by atomic mass is 15.2. The number of nitrogens with one attached hydrogen (secondary N) is 1. The van der Waals surface area contributed by atoms with Crippen LogP contribution in [0.1, 0.15) is 47.0 Å².